The third-order valence-corrected chi connectivity index (χ3v) is 6.70. The quantitative estimate of drug-likeness (QED) is 0.689. The summed E-state index contributed by atoms with van der Waals surface area (Å²) in [6.07, 6.45) is 5.03. The Bertz CT molecular complexity index is 1080. The van der Waals surface area contributed by atoms with Crippen LogP contribution in [0.4, 0.5) is 0 Å². The van der Waals surface area contributed by atoms with E-state index >= 15 is 0 Å². The maximum atomic E-state index is 13.3. The van der Waals surface area contributed by atoms with Gasteiger partial charge in [-0.3, -0.25) is 9.67 Å². The number of aryl methyl sites for hydroxylation is 2. The lowest BCUT2D eigenvalue weighted by Crippen LogP contribution is -2.42. The van der Waals surface area contributed by atoms with Gasteiger partial charge in [0.1, 0.15) is 4.90 Å². The number of aromatic nitrogens is 3. The number of para-hydroxylation sites is 1. The Balaban J connectivity index is 1.67. The van der Waals surface area contributed by atoms with Gasteiger partial charge in [-0.05, 0) is 31.5 Å². The van der Waals surface area contributed by atoms with Crippen LogP contribution in [0.2, 0.25) is 0 Å². The minimum absolute atomic E-state index is 0.241. The zero-order chi connectivity index (χ0) is 19.0. The maximum absolute atomic E-state index is 13.3. The van der Waals surface area contributed by atoms with Crippen LogP contribution in [-0.4, -0.2) is 47.2 Å². The minimum atomic E-state index is -3.68. The van der Waals surface area contributed by atoms with E-state index in [1.807, 2.05) is 36.9 Å². The second-order valence-corrected chi connectivity index (χ2v) is 8.60. The van der Waals surface area contributed by atoms with Crippen LogP contribution in [0.3, 0.4) is 0 Å². The fourth-order valence-electron chi connectivity index (χ4n) is 3.35. The first-order chi connectivity index (χ1) is 13.0. The average Bonchev–Trinajstić information content (AvgIpc) is 3.16. The molecule has 1 aliphatic heterocycles. The summed E-state index contributed by atoms with van der Waals surface area (Å²) in [6, 6.07) is 7.22. The SMILES string of the molecule is CCn1cc(C2CN(S(=O)(=O)c3cccc4cc(C)cnc34)CCO2)cn1. The molecule has 0 N–H and O–H groups in total. The number of hydrogen-bond donors (Lipinski definition) is 0. The first-order valence-corrected chi connectivity index (χ1v) is 10.4. The van der Waals surface area contributed by atoms with Crippen molar-refractivity contribution in [2.45, 2.75) is 31.4 Å². The van der Waals surface area contributed by atoms with Gasteiger partial charge in [0.05, 0.1) is 24.4 Å². The van der Waals surface area contributed by atoms with Gasteiger partial charge in [0.25, 0.3) is 0 Å². The summed E-state index contributed by atoms with van der Waals surface area (Å²) < 4.78 is 35.8. The number of hydrogen-bond acceptors (Lipinski definition) is 5. The van der Waals surface area contributed by atoms with Crippen LogP contribution in [0, 0.1) is 6.92 Å². The lowest BCUT2D eigenvalue weighted by Gasteiger charge is -2.31. The van der Waals surface area contributed by atoms with Gasteiger partial charge in [-0.1, -0.05) is 12.1 Å². The lowest BCUT2D eigenvalue weighted by molar-refractivity contribution is -0.00258. The molecule has 0 radical (unpaired) electrons. The minimum Gasteiger partial charge on any atom is -0.371 e. The van der Waals surface area contributed by atoms with Crippen molar-refractivity contribution in [3.05, 3.63) is 54.0 Å². The van der Waals surface area contributed by atoms with Crippen LogP contribution in [0.1, 0.15) is 24.2 Å². The van der Waals surface area contributed by atoms with E-state index in [1.165, 1.54) is 4.31 Å². The number of pyridine rings is 1. The van der Waals surface area contributed by atoms with Crippen LogP contribution < -0.4 is 0 Å². The van der Waals surface area contributed by atoms with Crippen LogP contribution >= 0.6 is 0 Å². The van der Waals surface area contributed by atoms with Gasteiger partial charge in [-0.15, -0.1) is 0 Å². The molecule has 1 aromatic carbocycles. The topological polar surface area (TPSA) is 77.3 Å². The molecule has 0 spiro atoms. The molecule has 0 amide bonds. The van der Waals surface area contributed by atoms with E-state index in [0.717, 1.165) is 23.1 Å². The second kappa shape index (κ2) is 7.03. The molecule has 1 unspecified atom stereocenters. The first-order valence-electron chi connectivity index (χ1n) is 8.98. The molecule has 1 fully saturated rings. The Morgan fingerprint density at radius 3 is 2.93 bits per heavy atom. The molecule has 0 saturated carbocycles. The summed E-state index contributed by atoms with van der Waals surface area (Å²) in [4.78, 5) is 4.62. The summed E-state index contributed by atoms with van der Waals surface area (Å²) in [6.45, 7) is 5.64. The molecule has 1 saturated heterocycles. The number of benzene rings is 1. The first kappa shape index (κ1) is 18.1. The maximum Gasteiger partial charge on any atom is 0.245 e. The highest BCUT2D eigenvalue weighted by atomic mass is 32.2. The van der Waals surface area contributed by atoms with Gasteiger partial charge >= 0.3 is 0 Å². The summed E-state index contributed by atoms with van der Waals surface area (Å²) in [5.41, 5.74) is 2.39. The zero-order valence-electron chi connectivity index (χ0n) is 15.4. The number of morpholine rings is 1. The molecular weight excluding hydrogens is 364 g/mol. The average molecular weight is 386 g/mol. The standard InChI is InChI=1S/C19H22N4O3S/c1-3-22-12-16(11-21-22)17-13-23(7-8-26-17)27(24,25)18-6-4-5-15-9-14(2)10-20-19(15)18/h4-6,9-12,17H,3,7-8,13H2,1-2H3. The van der Waals surface area contributed by atoms with Crippen molar-refractivity contribution in [3.8, 4) is 0 Å². The Morgan fingerprint density at radius 1 is 1.30 bits per heavy atom. The van der Waals surface area contributed by atoms with E-state index in [2.05, 4.69) is 10.1 Å². The smallest absolute Gasteiger partial charge is 0.245 e. The largest absolute Gasteiger partial charge is 0.371 e. The molecule has 4 rings (SSSR count). The molecule has 8 heteroatoms. The van der Waals surface area contributed by atoms with Crippen LogP contribution in [0.25, 0.3) is 10.9 Å². The third kappa shape index (κ3) is 3.36. The molecule has 27 heavy (non-hydrogen) atoms. The lowest BCUT2D eigenvalue weighted by atomic mass is 10.2. The van der Waals surface area contributed by atoms with E-state index in [4.69, 9.17) is 4.74 Å². The van der Waals surface area contributed by atoms with E-state index in [1.54, 1.807) is 24.5 Å². The Hall–Kier alpha value is -2.29. The predicted molar refractivity (Wildman–Crippen MR) is 102 cm³/mol. The predicted octanol–water partition coefficient (Wildman–Crippen LogP) is 2.52. The second-order valence-electron chi connectivity index (χ2n) is 6.69. The summed E-state index contributed by atoms with van der Waals surface area (Å²) in [5, 5.41) is 5.09. The van der Waals surface area contributed by atoms with Crippen molar-refractivity contribution >= 4 is 20.9 Å². The highest BCUT2D eigenvalue weighted by Crippen LogP contribution is 2.29. The monoisotopic (exact) mass is 386 g/mol. The van der Waals surface area contributed by atoms with Crippen molar-refractivity contribution in [3.63, 3.8) is 0 Å². The van der Waals surface area contributed by atoms with Crippen molar-refractivity contribution in [1.82, 2.24) is 19.1 Å². The summed E-state index contributed by atoms with van der Waals surface area (Å²) in [7, 11) is -3.68. The van der Waals surface area contributed by atoms with Gasteiger partial charge in [-0.2, -0.15) is 9.40 Å². The molecular formula is C19H22N4O3S. The third-order valence-electron chi connectivity index (χ3n) is 4.81. The van der Waals surface area contributed by atoms with Crippen LogP contribution in [0.5, 0.6) is 0 Å². The van der Waals surface area contributed by atoms with E-state index in [0.29, 0.717) is 18.7 Å². The highest BCUT2D eigenvalue weighted by molar-refractivity contribution is 7.89. The number of ether oxygens (including phenoxy) is 1. The molecule has 1 aliphatic rings. The number of nitrogens with zero attached hydrogens (tertiary/aromatic N) is 4. The summed E-state index contributed by atoms with van der Waals surface area (Å²) >= 11 is 0. The van der Waals surface area contributed by atoms with Gasteiger partial charge in [0.2, 0.25) is 10.0 Å². The van der Waals surface area contributed by atoms with E-state index in [-0.39, 0.29) is 17.5 Å². The van der Waals surface area contributed by atoms with Crippen molar-refractivity contribution in [1.29, 1.82) is 0 Å². The van der Waals surface area contributed by atoms with E-state index < -0.39 is 10.0 Å². The highest BCUT2D eigenvalue weighted by Gasteiger charge is 2.33. The van der Waals surface area contributed by atoms with Gasteiger partial charge < -0.3 is 4.74 Å². The van der Waals surface area contributed by atoms with Crippen LogP contribution in [-0.2, 0) is 21.3 Å². The Labute approximate surface area is 158 Å². The number of rotatable bonds is 4. The molecule has 0 bridgehead atoms. The number of sulfonamides is 1. The van der Waals surface area contributed by atoms with Gasteiger partial charge in [-0.25, -0.2) is 8.42 Å². The van der Waals surface area contributed by atoms with Crippen molar-refractivity contribution < 1.29 is 13.2 Å². The van der Waals surface area contributed by atoms with Crippen molar-refractivity contribution in [2.24, 2.45) is 0 Å². The van der Waals surface area contributed by atoms with Gasteiger partial charge in [0.15, 0.2) is 0 Å². The molecule has 2 aromatic heterocycles. The fraction of sp³-hybridized carbons (Fsp3) is 0.368. The Kier molecular flexibility index (Phi) is 4.71. The van der Waals surface area contributed by atoms with Crippen LogP contribution in [0.15, 0.2) is 47.8 Å². The molecule has 1 atom stereocenters. The zero-order valence-corrected chi connectivity index (χ0v) is 16.2. The normalized spacial score (nSPS) is 18.8. The molecule has 3 heterocycles. The Morgan fingerprint density at radius 2 is 2.15 bits per heavy atom. The molecule has 142 valence electrons. The number of fused-ring (bicyclic) bond motifs is 1. The van der Waals surface area contributed by atoms with E-state index in [9.17, 15) is 8.42 Å². The molecule has 7 nitrogen and oxygen atoms in total. The van der Waals surface area contributed by atoms with Gasteiger partial charge in [0, 0.05) is 43.0 Å². The fourth-order valence-corrected chi connectivity index (χ4v) is 4.94. The van der Waals surface area contributed by atoms with Crippen molar-refractivity contribution in [2.75, 3.05) is 19.7 Å². The molecule has 3 aromatic rings. The molecule has 0 aliphatic carbocycles. The summed E-state index contributed by atoms with van der Waals surface area (Å²) in [5.74, 6) is 0.